The number of nitrogens with zero attached hydrogens (tertiary/aromatic N) is 3. The summed E-state index contributed by atoms with van der Waals surface area (Å²) in [5, 5.41) is 15.3. The fraction of sp³-hybridized carbons (Fsp3) is 0.333. The van der Waals surface area contributed by atoms with Crippen LogP contribution < -0.4 is 21.3 Å². The number of likely N-dealkylation sites (N-methyl/N-ethyl adjacent to an activating group) is 1. The number of amides is 2. The van der Waals surface area contributed by atoms with Gasteiger partial charge < -0.3 is 21.3 Å². The highest BCUT2D eigenvalue weighted by Crippen LogP contribution is 2.34. The molecule has 0 saturated carbocycles. The average molecular weight is 440 g/mol. The summed E-state index contributed by atoms with van der Waals surface area (Å²) in [5.41, 5.74) is 8.87. The minimum atomic E-state index is -0.688. The highest BCUT2D eigenvalue weighted by atomic mass is 32.1. The number of carbonyl (C=O) groups excluding carboxylic acids is 2. The van der Waals surface area contributed by atoms with Crippen LogP contribution in [0.3, 0.4) is 0 Å². The third-order valence-corrected chi connectivity index (χ3v) is 6.74. The van der Waals surface area contributed by atoms with Crippen LogP contribution in [0.4, 0.5) is 11.4 Å². The van der Waals surface area contributed by atoms with E-state index in [0.29, 0.717) is 31.6 Å². The summed E-state index contributed by atoms with van der Waals surface area (Å²) in [6.07, 6.45) is 4.61. The number of para-hydroxylation sites is 1. The molecular formula is C21H25N7O2S. The van der Waals surface area contributed by atoms with Crippen molar-refractivity contribution in [3.8, 4) is 10.6 Å². The SMILES string of the molecule is CNC1(C(N)=O)CCN(c2c(C)cccc2NC(=O)c2csc(-c3cn[nH]c3)n2)CC1. The van der Waals surface area contributed by atoms with Crippen LogP contribution in [0.25, 0.3) is 10.6 Å². The second-order valence-electron chi connectivity index (χ2n) is 7.63. The maximum Gasteiger partial charge on any atom is 0.275 e. The van der Waals surface area contributed by atoms with Crippen LogP contribution in [0, 0.1) is 6.92 Å². The Labute approximate surface area is 184 Å². The maximum atomic E-state index is 12.9. The fourth-order valence-corrected chi connectivity index (χ4v) is 4.76. The van der Waals surface area contributed by atoms with Crippen molar-refractivity contribution in [1.82, 2.24) is 20.5 Å². The van der Waals surface area contributed by atoms with Gasteiger partial charge in [0.15, 0.2) is 0 Å². The van der Waals surface area contributed by atoms with E-state index in [9.17, 15) is 9.59 Å². The van der Waals surface area contributed by atoms with E-state index >= 15 is 0 Å². The van der Waals surface area contributed by atoms with Crippen molar-refractivity contribution in [2.45, 2.75) is 25.3 Å². The molecule has 1 saturated heterocycles. The van der Waals surface area contributed by atoms with Gasteiger partial charge in [-0.1, -0.05) is 12.1 Å². The predicted octanol–water partition coefficient (Wildman–Crippen LogP) is 2.14. The molecule has 162 valence electrons. The molecule has 1 aliphatic rings. The molecule has 2 aromatic heterocycles. The lowest BCUT2D eigenvalue weighted by Crippen LogP contribution is -2.59. The average Bonchev–Trinajstić information content (AvgIpc) is 3.46. The van der Waals surface area contributed by atoms with Crippen LogP contribution in [0.1, 0.15) is 28.9 Å². The van der Waals surface area contributed by atoms with E-state index in [4.69, 9.17) is 5.73 Å². The molecule has 1 aliphatic heterocycles. The summed E-state index contributed by atoms with van der Waals surface area (Å²) >= 11 is 1.39. The molecule has 1 aromatic carbocycles. The Hall–Kier alpha value is -3.24. The molecule has 1 fully saturated rings. The zero-order chi connectivity index (χ0) is 22.0. The number of rotatable bonds is 6. The zero-order valence-corrected chi connectivity index (χ0v) is 18.3. The first-order valence-electron chi connectivity index (χ1n) is 10.0. The predicted molar refractivity (Wildman–Crippen MR) is 121 cm³/mol. The van der Waals surface area contributed by atoms with Crippen molar-refractivity contribution in [3.05, 3.63) is 47.2 Å². The molecule has 9 nitrogen and oxygen atoms in total. The van der Waals surface area contributed by atoms with Crippen molar-refractivity contribution in [2.75, 3.05) is 30.4 Å². The minimum Gasteiger partial charge on any atom is -0.369 e. The molecule has 3 heterocycles. The van der Waals surface area contributed by atoms with Gasteiger partial charge in [-0.15, -0.1) is 11.3 Å². The van der Waals surface area contributed by atoms with Gasteiger partial charge in [0.2, 0.25) is 5.91 Å². The summed E-state index contributed by atoms with van der Waals surface area (Å²) in [5.74, 6) is -0.596. The first kappa shape index (κ1) is 21.0. The number of nitrogens with two attached hydrogens (primary N) is 1. The van der Waals surface area contributed by atoms with Gasteiger partial charge in [0, 0.05) is 30.2 Å². The van der Waals surface area contributed by atoms with Crippen molar-refractivity contribution in [3.63, 3.8) is 0 Å². The van der Waals surface area contributed by atoms with Crippen LogP contribution in [0.5, 0.6) is 0 Å². The molecule has 31 heavy (non-hydrogen) atoms. The zero-order valence-electron chi connectivity index (χ0n) is 17.4. The van der Waals surface area contributed by atoms with Gasteiger partial charge >= 0.3 is 0 Å². The van der Waals surface area contributed by atoms with E-state index < -0.39 is 5.54 Å². The van der Waals surface area contributed by atoms with E-state index in [0.717, 1.165) is 27.5 Å². The molecule has 3 aromatic rings. The van der Waals surface area contributed by atoms with Crippen molar-refractivity contribution < 1.29 is 9.59 Å². The van der Waals surface area contributed by atoms with Gasteiger partial charge in [-0.3, -0.25) is 14.7 Å². The Balaban J connectivity index is 1.54. The summed E-state index contributed by atoms with van der Waals surface area (Å²) < 4.78 is 0. The molecule has 2 amide bonds. The van der Waals surface area contributed by atoms with E-state index in [1.54, 1.807) is 24.8 Å². The Morgan fingerprint density at radius 2 is 2.06 bits per heavy atom. The van der Waals surface area contributed by atoms with Gasteiger partial charge in [0.05, 0.1) is 17.6 Å². The Bertz CT molecular complexity index is 1090. The van der Waals surface area contributed by atoms with Crippen molar-refractivity contribution >= 4 is 34.5 Å². The molecule has 0 atom stereocenters. The number of piperidine rings is 1. The number of hydrogen-bond donors (Lipinski definition) is 4. The standard InChI is InChI=1S/C21H25N7O2S/c1-13-4-3-5-15(17(13)28-8-6-21(23-2,7-9-28)20(22)30)26-18(29)16-12-31-19(27-16)14-10-24-25-11-14/h3-5,10-12,23H,6-9H2,1-2H3,(H2,22,30)(H,24,25)(H,26,29). The highest BCUT2D eigenvalue weighted by Gasteiger charge is 2.39. The number of primary amides is 1. The summed E-state index contributed by atoms with van der Waals surface area (Å²) in [7, 11) is 1.77. The number of anilines is 2. The van der Waals surface area contributed by atoms with Gasteiger partial charge in [0.25, 0.3) is 5.91 Å². The summed E-state index contributed by atoms with van der Waals surface area (Å²) in [4.78, 5) is 31.5. The Kier molecular flexibility index (Phi) is 5.75. The molecule has 0 bridgehead atoms. The molecule has 10 heteroatoms. The molecule has 4 rings (SSSR count). The molecule has 0 unspecified atom stereocenters. The molecule has 0 radical (unpaired) electrons. The van der Waals surface area contributed by atoms with Crippen molar-refractivity contribution in [1.29, 1.82) is 0 Å². The number of carbonyl (C=O) groups is 2. The molecule has 0 spiro atoms. The third kappa shape index (κ3) is 4.04. The molecular weight excluding hydrogens is 414 g/mol. The lowest BCUT2D eigenvalue weighted by atomic mass is 9.86. The second-order valence-corrected chi connectivity index (χ2v) is 8.49. The number of nitrogens with one attached hydrogen (secondary N) is 3. The van der Waals surface area contributed by atoms with E-state index in [1.165, 1.54) is 11.3 Å². The first-order chi connectivity index (χ1) is 14.9. The Morgan fingerprint density at radius 1 is 1.29 bits per heavy atom. The van der Waals surface area contributed by atoms with Crippen LogP contribution in [0.2, 0.25) is 0 Å². The number of aryl methyl sites for hydroxylation is 1. The molecule has 0 aliphatic carbocycles. The maximum absolute atomic E-state index is 12.9. The van der Waals surface area contributed by atoms with Gasteiger partial charge in [-0.05, 0) is 38.4 Å². The van der Waals surface area contributed by atoms with Crippen LogP contribution in [-0.4, -0.2) is 52.7 Å². The highest BCUT2D eigenvalue weighted by molar-refractivity contribution is 7.13. The Morgan fingerprint density at radius 3 is 2.71 bits per heavy atom. The summed E-state index contributed by atoms with van der Waals surface area (Å²) in [6, 6.07) is 5.81. The van der Waals surface area contributed by atoms with E-state index in [2.05, 4.69) is 30.7 Å². The lowest BCUT2D eigenvalue weighted by molar-refractivity contribution is -0.125. The number of aromatic nitrogens is 3. The van der Waals surface area contributed by atoms with Crippen LogP contribution in [0.15, 0.2) is 36.0 Å². The van der Waals surface area contributed by atoms with Gasteiger partial charge in [-0.25, -0.2) is 4.98 Å². The monoisotopic (exact) mass is 439 g/mol. The van der Waals surface area contributed by atoms with E-state index in [-0.39, 0.29) is 11.8 Å². The normalized spacial score (nSPS) is 15.6. The number of thiazole rings is 1. The quantitative estimate of drug-likeness (QED) is 0.466. The van der Waals surface area contributed by atoms with Gasteiger partial charge in [0.1, 0.15) is 16.2 Å². The number of aromatic amines is 1. The number of benzene rings is 1. The smallest absolute Gasteiger partial charge is 0.275 e. The van der Waals surface area contributed by atoms with Gasteiger partial charge in [-0.2, -0.15) is 5.10 Å². The van der Waals surface area contributed by atoms with Crippen LogP contribution >= 0.6 is 11.3 Å². The number of H-pyrrole nitrogens is 1. The van der Waals surface area contributed by atoms with E-state index in [1.807, 2.05) is 25.1 Å². The van der Waals surface area contributed by atoms with Crippen LogP contribution in [-0.2, 0) is 4.79 Å². The third-order valence-electron chi connectivity index (χ3n) is 5.85. The second kappa shape index (κ2) is 8.48. The topological polar surface area (TPSA) is 129 Å². The largest absolute Gasteiger partial charge is 0.369 e. The first-order valence-corrected chi connectivity index (χ1v) is 10.9. The summed E-state index contributed by atoms with van der Waals surface area (Å²) in [6.45, 7) is 3.32. The van der Waals surface area contributed by atoms with Crippen molar-refractivity contribution in [2.24, 2.45) is 5.73 Å². The lowest BCUT2D eigenvalue weighted by Gasteiger charge is -2.41. The minimum absolute atomic E-state index is 0.267. The fourth-order valence-electron chi connectivity index (χ4n) is 3.98. The number of hydrogen-bond acceptors (Lipinski definition) is 7. The molecule has 5 N–H and O–H groups in total.